The summed E-state index contributed by atoms with van der Waals surface area (Å²) in [6.07, 6.45) is 0. The molecule has 0 atom stereocenters. The smallest absolute Gasteiger partial charge is 0.238 e. The summed E-state index contributed by atoms with van der Waals surface area (Å²) >= 11 is 0. The molecule has 1 amide bonds. The fourth-order valence-electron chi connectivity index (χ4n) is 2.14. The molecule has 0 spiro atoms. The molecule has 0 aliphatic heterocycles. The van der Waals surface area contributed by atoms with Gasteiger partial charge < -0.3 is 15.8 Å². The summed E-state index contributed by atoms with van der Waals surface area (Å²) in [6, 6.07) is 7.45. The zero-order valence-electron chi connectivity index (χ0n) is 13.9. The Bertz CT molecular complexity index is 466. The van der Waals surface area contributed by atoms with Gasteiger partial charge in [-0.15, -0.1) is 12.4 Å². The standard InChI is InChI=1S/C16H27N3O2.ClH/c1-5-21-14-9-7-6-8-13(14)18-15(20)10-19(4)12-16(2,3)11-17;/h6-9H,5,10-12,17H2,1-4H3,(H,18,20);1H. The van der Waals surface area contributed by atoms with Crippen LogP contribution < -0.4 is 15.8 Å². The molecule has 0 aliphatic carbocycles. The number of rotatable bonds is 8. The van der Waals surface area contributed by atoms with E-state index in [1.54, 1.807) is 0 Å². The number of benzene rings is 1. The van der Waals surface area contributed by atoms with Gasteiger partial charge in [-0.3, -0.25) is 9.69 Å². The van der Waals surface area contributed by atoms with Crippen molar-refractivity contribution in [3.63, 3.8) is 0 Å². The fourth-order valence-corrected chi connectivity index (χ4v) is 2.14. The van der Waals surface area contributed by atoms with E-state index in [4.69, 9.17) is 10.5 Å². The molecule has 0 aromatic heterocycles. The van der Waals surface area contributed by atoms with Gasteiger partial charge in [-0.2, -0.15) is 0 Å². The van der Waals surface area contributed by atoms with Gasteiger partial charge in [-0.05, 0) is 38.1 Å². The van der Waals surface area contributed by atoms with E-state index in [1.165, 1.54) is 0 Å². The molecule has 3 N–H and O–H groups in total. The number of halogens is 1. The van der Waals surface area contributed by atoms with E-state index in [2.05, 4.69) is 19.2 Å². The minimum absolute atomic E-state index is 0. The summed E-state index contributed by atoms with van der Waals surface area (Å²) in [5, 5.41) is 2.89. The van der Waals surface area contributed by atoms with E-state index in [1.807, 2.05) is 43.1 Å². The molecule has 0 heterocycles. The van der Waals surface area contributed by atoms with Crippen LogP contribution in [-0.2, 0) is 4.79 Å². The maximum atomic E-state index is 12.1. The molecule has 1 aromatic carbocycles. The first-order valence-electron chi connectivity index (χ1n) is 7.28. The van der Waals surface area contributed by atoms with Crippen molar-refractivity contribution in [3.05, 3.63) is 24.3 Å². The lowest BCUT2D eigenvalue weighted by atomic mass is 9.93. The average molecular weight is 330 g/mol. The van der Waals surface area contributed by atoms with Crippen molar-refractivity contribution < 1.29 is 9.53 Å². The molecule has 6 heteroatoms. The summed E-state index contributed by atoms with van der Waals surface area (Å²) in [4.78, 5) is 14.1. The van der Waals surface area contributed by atoms with Crippen molar-refractivity contribution in [1.82, 2.24) is 4.90 Å². The van der Waals surface area contributed by atoms with Gasteiger partial charge in [0.1, 0.15) is 5.75 Å². The summed E-state index contributed by atoms with van der Waals surface area (Å²) in [5.74, 6) is 0.635. The van der Waals surface area contributed by atoms with Crippen LogP contribution in [0.5, 0.6) is 5.75 Å². The molecule has 0 saturated heterocycles. The van der Waals surface area contributed by atoms with Gasteiger partial charge in [-0.25, -0.2) is 0 Å². The molecule has 1 rings (SSSR count). The van der Waals surface area contributed by atoms with Crippen LogP contribution in [0, 0.1) is 5.41 Å². The lowest BCUT2D eigenvalue weighted by Crippen LogP contribution is -2.40. The van der Waals surface area contributed by atoms with Crippen molar-refractivity contribution in [2.24, 2.45) is 11.1 Å². The summed E-state index contributed by atoms with van der Waals surface area (Å²) < 4.78 is 5.50. The highest BCUT2D eigenvalue weighted by molar-refractivity contribution is 5.93. The molecule has 0 aliphatic rings. The Morgan fingerprint density at radius 3 is 2.59 bits per heavy atom. The zero-order valence-corrected chi connectivity index (χ0v) is 14.7. The number of ether oxygens (including phenoxy) is 1. The third-order valence-corrected chi connectivity index (χ3v) is 3.13. The highest BCUT2D eigenvalue weighted by atomic mass is 35.5. The Labute approximate surface area is 139 Å². The van der Waals surface area contributed by atoms with E-state index in [0.29, 0.717) is 31.1 Å². The van der Waals surface area contributed by atoms with Crippen LogP contribution >= 0.6 is 12.4 Å². The summed E-state index contributed by atoms with van der Waals surface area (Å²) in [5.41, 5.74) is 6.42. The predicted octanol–water partition coefficient (Wildman–Crippen LogP) is 2.36. The topological polar surface area (TPSA) is 67.6 Å². The molecule has 0 radical (unpaired) electrons. The zero-order chi connectivity index (χ0) is 15.9. The van der Waals surface area contributed by atoms with Gasteiger partial charge >= 0.3 is 0 Å². The van der Waals surface area contributed by atoms with E-state index in [-0.39, 0.29) is 23.7 Å². The number of hydrogen-bond acceptors (Lipinski definition) is 4. The Morgan fingerprint density at radius 2 is 2.00 bits per heavy atom. The van der Waals surface area contributed by atoms with Crippen LogP contribution in [0.4, 0.5) is 5.69 Å². The van der Waals surface area contributed by atoms with Crippen LogP contribution in [-0.4, -0.2) is 44.1 Å². The van der Waals surface area contributed by atoms with Crippen LogP contribution in [0.2, 0.25) is 0 Å². The van der Waals surface area contributed by atoms with Gasteiger partial charge in [0, 0.05) is 6.54 Å². The molecule has 22 heavy (non-hydrogen) atoms. The number of carbonyl (C=O) groups is 1. The van der Waals surface area contributed by atoms with Crippen molar-refractivity contribution in [3.8, 4) is 5.75 Å². The van der Waals surface area contributed by atoms with Gasteiger partial charge in [0.05, 0.1) is 18.8 Å². The first-order valence-corrected chi connectivity index (χ1v) is 7.28. The van der Waals surface area contributed by atoms with Crippen molar-refractivity contribution in [2.75, 3.05) is 38.6 Å². The number of nitrogens with one attached hydrogen (secondary N) is 1. The monoisotopic (exact) mass is 329 g/mol. The van der Waals surface area contributed by atoms with E-state index in [9.17, 15) is 4.79 Å². The van der Waals surface area contributed by atoms with Crippen molar-refractivity contribution in [2.45, 2.75) is 20.8 Å². The van der Waals surface area contributed by atoms with E-state index < -0.39 is 0 Å². The third-order valence-electron chi connectivity index (χ3n) is 3.13. The van der Waals surface area contributed by atoms with Gasteiger partial charge in [0.25, 0.3) is 0 Å². The fraction of sp³-hybridized carbons (Fsp3) is 0.562. The van der Waals surface area contributed by atoms with Crippen LogP contribution in [0.3, 0.4) is 0 Å². The van der Waals surface area contributed by atoms with Crippen LogP contribution in [0.25, 0.3) is 0 Å². The number of nitrogens with zero attached hydrogens (tertiary/aromatic N) is 1. The Morgan fingerprint density at radius 1 is 1.36 bits per heavy atom. The second-order valence-corrected chi connectivity index (χ2v) is 6.02. The molecule has 0 fully saturated rings. The average Bonchev–Trinajstić information content (AvgIpc) is 2.40. The molecule has 126 valence electrons. The molecular formula is C16H28ClN3O2. The van der Waals surface area contributed by atoms with Crippen molar-refractivity contribution in [1.29, 1.82) is 0 Å². The first-order chi connectivity index (χ1) is 9.88. The number of nitrogens with two attached hydrogens (primary N) is 1. The molecule has 0 saturated carbocycles. The van der Waals surface area contributed by atoms with Gasteiger partial charge in [0.2, 0.25) is 5.91 Å². The maximum Gasteiger partial charge on any atom is 0.238 e. The number of para-hydroxylation sites is 2. The second kappa shape index (κ2) is 9.66. The van der Waals surface area contributed by atoms with Gasteiger partial charge in [0.15, 0.2) is 0 Å². The maximum absolute atomic E-state index is 12.1. The lowest BCUT2D eigenvalue weighted by molar-refractivity contribution is -0.117. The van der Waals surface area contributed by atoms with E-state index in [0.717, 1.165) is 6.54 Å². The second-order valence-electron chi connectivity index (χ2n) is 6.02. The third kappa shape index (κ3) is 7.11. The minimum Gasteiger partial charge on any atom is -0.492 e. The number of anilines is 1. The predicted molar refractivity (Wildman–Crippen MR) is 93.8 cm³/mol. The lowest BCUT2D eigenvalue weighted by Gasteiger charge is -2.28. The summed E-state index contributed by atoms with van der Waals surface area (Å²) in [7, 11) is 1.92. The van der Waals surface area contributed by atoms with E-state index >= 15 is 0 Å². The largest absolute Gasteiger partial charge is 0.492 e. The minimum atomic E-state index is -0.0579. The number of amides is 1. The summed E-state index contributed by atoms with van der Waals surface area (Å²) in [6.45, 7) is 8.34. The Kier molecular flexibility index (Phi) is 9.09. The number of carbonyl (C=O) groups excluding carboxylic acids is 1. The molecule has 0 unspecified atom stereocenters. The quantitative estimate of drug-likeness (QED) is 0.768. The molecule has 5 nitrogen and oxygen atoms in total. The Balaban J connectivity index is 0.00000441. The van der Waals surface area contributed by atoms with Crippen LogP contribution in [0.1, 0.15) is 20.8 Å². The molecule has 1 aromatic rings. The van der Waals surface area contributed by atoms with Crippen LogP contribution in [0.15, 0.2) is 24.3 Å². The molecular weight excluding hydrogens is 302 g/mol. The normalized spacial score (nSPS) is 11.0. The SMILES string of the molecule is CCOc1ccccc1NC(=O)CN(C)CC(C)(C)CN.Cl. The Hall–Kier alpha value is -1.30. The first kappa shape index (κ1) is 20.7. The highest BCUT2D eigenvalue weighted by Crippen LogP contribution is 2.23. The number of likely N-dealkylation sites (N-methyl/N-ethyl adjacent to an activating group) is 1. The molecule has 0 bridgehead atoms. The number of hydrogen-bond donors (Lipinski definition) is 2. The highest BCUT2D eigenvalue weighted by Gasteiger charge is 2.19. The van der Waals surface area contributed by atoms with Crippen molar-refractivity contribution >= 4 is 24.0 Å². The van der Waals surface area contributed by atoms with Gasteiger partial charge in [-0.1, -0.05) is 26.0 Å².